The monoisotopic (exact) mass is 838 g/mol. The minimum absolute atomic E-state index is 0.0356. The summed E-state index contributed by atoms with van der Waals surface area (Å²) in [7, 11) is -4.41. The number of ether oxygens (including phenoxy) is 2. The molecule has 4 N–H and O–H groups in total. The van der Waals surface area contributed by atoms with Gasteiger partial charge in [-0.15, -0.1) is 0 Å². The Bertz CT molecular complexity index is 1150. The minimum Gasteiger partial charge on any atom is -0.462 e. The van der Waals surface area contributed by atoms with Crippen LogP contribution in [-0.4, -0.2) is 60.5 Å². The van der Waals surface area contributed by atoms with E-state index in [0.29, 0.717) is 19.3 Å². The van der Waals surface area contributed by atoms with E-state index in [-0.39, 0.29) is 38.7 Å². The SMILES string of the molecule is CCCCCCCC/C=C\CCCCCCCCCCCC(=O)OC[C@H](COP(=O)(O)OCCN)OC(=O)CCC/C=C\C/C=C\C/C=C\C/C=C\[C@H](O)CCCC. The molecule has 0 aliphatic heterocycles. The van der Waals surface area contributed by atoms with Crippen LogP contribution in [0.3, 0.4) is 0 Å². The summed E-state index contributed by atoms with van der Waals surface area (Å²) in [5.74, 6) is -0.920. The van der Waals surface area contributed by atoms with Crippen LogP contribution in [0.1, 0.15) is 187 Å². The summed E-state index contributed by atoms with van der Waals surface area (Å²) in [5.41, 5.74) is 5.34. The number of rotatable bonds is 42. The summed E-state index contributed by atoms with van der Waals surface area (Å²) in [6.07, 6.45) is 47.4. The van der Waals surface area contributed by atoms with Gasteiger partial charge in [0.2, 0.25) is 0 Å². The predicted molar refractivity (Wildman–Crippen MR) is 239 cm³/mol. The second-order valence-corrected chi connectivity index (χ2v) is 16.5. The van der Waals surface area contributed by atoms with Gasteiger partial charge in [0.25, 0.3) is 0 Å². The Morgan fingerprint density at radius 1 is 0.586 bits per heavy atom. The second kappa shape index (κ2) is 42.8. The molecule has 3 atom stereocenters. The van der Waals surface area contributed by atoms with Gasteiger partial charge in [0, 0.05) is 19.4 Å². The van der Waals surface area contributed by atoms with E-state index in [9.17, 15) is 24.2 Å². The van der Waals surface area contributed by atoms with Gasteiger partial charge in [-0.25, -0.2) is 4.57 Å². The zero-order chi connectivity index (χ0) is 42.6. The Hall–Kier alpha value is -2.33. The Kier molecular flexibility index (Phi) is 41.1. The smallest absolute Gasteiger partial charge is 0.462 e. The Labute approximate surface area is 353 Å². The summed E-state index contributed by atoms with van der Waals surface area (Å²) < 4.78 is 32.7. The number of carbonyl (C=O) groups excluding carboxylic acids is 2. The molecule has 0 amide bonds. The number of aliphatic hydroxyl groups is 1. The Balaban J connectivity index is 4.24. The van der Waals surface area contributed by atoms with Gasteiger partial charge in [0.1, 0.15) is 6.61 Å². The van der Waals surface area contributed by atoms with Crippen LogP contribution in [0.25, 0.3) is 0 Å². The third-order valence-corrected chi connectivity index (χ3v) is 10.4. The largest absolute Gasteiger partial charge is 0.472 e. The lowest BCUT2D eigenvalue weighted by molar-refractivity contribution is -0.161. The number of allylic oxidation sites excluding steroid dienone is 9. The summed E-state index contributed by atoms with van der Waals surface area (Å²) >= 11 is 0. The van der Waals surface area contributed by atoms with Gasteiger partial charge in [-0.1, -0.05) is 164 Å². The molecule has 0 saturated heterocycles. The molecule has 0 aliphatic rings. The van der Waals surface area contributed by atoms with Crippen LogP contribution in [0, 0.1) is 0 Å². The highest BCUT2D eigenvalue weighted by Crippen LogP contribution is 2.43. The van der Waals surface area contributed by atoms with Crippen molar-refractivity contribution in [2.45, 2.75) is 199 Å². The molecule has 11 heteroatoms. The summed E-state index contributed by atoms with van der Waals surface area (Å²) in [5, 5.41) is 9.82. The summed E-state index contributed by atoms with van der Waals surface area (Å²) in [6.45, 7) is 3.49. The van der Waals surface area contributed by atoms with E-state index in [4.69, 9.17) is 24.3 Å². The molecule has 0 rings (SSSR count). The van der Waals surface area contributed by atoms with Crippen LogP contribution in [-0.2, 0) is 32.7 Å². The van der Waals surface area contributed by atoms with Crippen molar-refractivity contribution in [2.24, 2.45) is 5.73 Å². The molecule has 336 valence electrons. The topological polar surface area (TPSA) is 155 Å². The number of hydrogen-bond acceptors (Lipinski definition) is 9. The number of nitrogens with two attached hydrogens (primary N) is 1. The third-order valence-electron chi connectivity index (χ3n) is 9.45. The van der Waals surface area contributed by atoms with Crippen LogP contribution in [0.4, 0.5) is 0 Å². The molecule has 0 heterocycles. The number of hydrogen-bond donors (Lipinski definition) is 3. The lowest BCUT2D eigenvalue weighted by Gasteiger charge is -2.19. The molecule has 58 heavy (non-hydrogen) atoms. The predicted octanol–water partition coefficient (Wildman–Crippen LogP) is 12.2. The first kappa shape index (κ1) is 55.7. The number of phosphoric ester groups is 1. The summed E-state index contributed by atoms with van der Waals surface area (Å²) in [4.78, 5) is 34.9. The molecule has 0 aromatic heterocycles. The van der Waals surface area contributed by atoms with Crippen LogP contribution in [0.2, 0.25) is 0 Å². The second-order valence-electron chi connectivity index (χ2n) is 15.1. The lowest BCUT2D eigenvalue weighted by Crippen LogP contribution is -2.29. The lowest BCUT2D eigenvalue weighted by atomic mass is 10.1. The van der Waals surface area contributed by atoms with Gasteiger partial charge < -0.3 is 25.2 Å². The van der Waals surface area contributed by atoms with Crippen molar-refractivity contribution in [1.29, 1.82) is 0 Å². The summed E-state index contributed by atoms with van der Waals surface area (Å²) in [6, 6.07) is 0. The van der Waals surface area contributed by atoms with Crippen LogP contribution >= 0.6 is 7.82 Å². The highest BCUT2D eigenvalue weighted by atomic mass is 31.2. The van der Waals surface area contributed by atoms with Gasteiger partial charge in [-0.3, -0.25) is 18.6 Å². The van der Waals surface area contributed by atoms with Crippen molar-refractivity contribution in [2.75, 3.05) is 26.4 Å². The average Bonchev–Trinajstić information content (AvgIpc) is 3.21. The maximum absolute atomic E-state index is 12.6. The van der Waals surface area contributed by atoms with Gasteiger partial charge in [-0.05, 0) is 70.6 Å². The van der Waals surface area contributed by atoms with E-state index in [0.717, 1.165) is 57.8 Å². The van der Waals surface area contributed by atoms with Crippen LogP contribution in [0.5, 0.6) is 0 Å². The molecule has 0 saturated carbocycles. The van der Waals surface area contributed by atoms with Gasteiger partial charge in [0.05, 0.1) is 19.3 Å². The fourth-order valence-corrected chi connectivity index (χ4v) is 6.76. The first-order valence-electron chi connectivity index (χ1n) is 22.9. The molecule has 0 spiro atoms. The number of esters is 2. The fourth-order valence-electron chi connectivity index (χ4n) is 5.99. The van der Waals surface area contributed by atoms with Gasteiger partial charge in [-0.2, -0.15) is 0 Å². The van der Waals surface area contributed by atoms with Crippen molar-refractivity contribution in [3.8, 4) is 0 Å². The first-order chi connectivity index (χ1) is 28.2. The minimum atomic E-state index is -4.41. The van der Waals surface area contributed by atoms with E-state index in [1.54, 1.807) is 0 Å². The van der Waals surface area contributed by atoms with Gasteiger partial charge in [0.15, 0.2) is 6.10 Å². The molecular weight excluding hydrogens is 753 g/mol. The molecule has 0 aromatic rings. The Morgan fingerprint density at radius 3 is 1.66 bits per heavy atom. The van der Waals surface area contributed by atoms with E-state index in [1.807, 2.05) is 24.3 Å². The average molecular weight is 838 g/mol. The zero-order valence-electron chi connectivity index (χ0n) is 36.6. The molecule has 10 nitrogen and oxygen atoms in total. The highest BCUT2D eigenvalue weighted by molar-refractivity contribution is 7.47. The molecule has 0 bridgehead atoms. The zero-order valence-corrected chi connectivity index (χ0v) is 37.5. The maximum atomic E-state index is 12.6. The van der Waals surface area contributed by atoms with Crippen molar-refractivity contribution in [3.05, 3.63) is 60.8 Å². The quantitative estimate of drug-likeness (QED) is 0.0234. The standard InChI is InChI=1S/C47H84NO9P/c1-3-5-7-8-9-10-11-12-13-14-15-16-17-18-22-25-28-31-34-38-46(50)54-42-45(43-56-58(52,53)55-41-40-48)57-47(51)39-35-32-29-26-23-20-19-21-24-27-30-33-37-44(49)36-6-4-2/h12-13,19-20,24,26-27,29,33,37,44-45,49H,3-11,14-18,21-23,25,28,30-32,34-36,38-43,48H2,1-2H3,(H,52,53)/b13-12-,20-19-,27-24-,29-26-,37-33-/t44-,45-/m1/s1. The van der Waals surface area contributed by atoms with Crippen molar-refractivity contribution >= 4 is 19.8 Å². The van der Waals surface area contributed by atoms with E-state index >= 15 is 0 Å². The van der Waals surface area contributed by atoms with E-state index in [2.05, 4.69) is 50.3 Å². The number of aliphatic hydroxyl groups excluding tert-OH is 1. The number of unbranched alkanes of at least 4 members (excludes halogenated alkanes) is 17. The molecule has 0 aliphatic carbocycles. The van der Waals surface area contributed by atoms with Crippen LogP contribution in [0.15, 0.2) is 60.8 Å². The van der Waals surface area contributed by atoms with E-state index < -0.39 is 32.5 Å². The first-order valence-corrected chi connectivity index (χ1v) is 24.3. The van der Waals surface area contributed by atoms with Crippen LogP contribution < -0.4 is 5.73 Å². The normalized spacial score (nSPS) is 14.4. The third kappa shape index (κ3) is 41.8. The van der Waals surface area contributed by atoms with Crippen molar-refractivity contribution in [1.82, 2.24) is 0 Å². The maximum Gasteiger partial charge on any atom is 0.472 e. The molecule has 0 radical (unpaired) electrons. The fraction of sp³-hybridized carbons (Fsp3) is 0.745. The molecule has 0 aromatic carbocycles. The van der Waals surface area contributed by atoms with Crippen molar-refractivity contribution in [3.63, 3.8) is 0 Å². The van der Waals surface area contributed by atoms with Crippen molar-refractivity contribution < 1.29 is 42.7 Å². The van der Waals surface area contributed by atoms with E-state index in [1.165, 1.54) is 83.5 Å². The molecule has 0 fully saturated rings. The van der Waals surface area contributed by atoms with Gasteiger partial charge >= 0.3 is 19.8 Å². The number of phosphoric acid groups is 1. The molecule has 1 unspecified atom stereocenters. The molecular formula is C47H84NO9P. The number of carbonyl (C=O) groups is 2. The Morgan fingerprint density at radius 2 is 1.07 bits per heavy atom. The highest BCUT2D eigenvalue weighted by Gasteiger charge is 2.26.